The summed E-state index contributed by atoms with van der Waals surface area (Å²) in [7, 11) is 0. The molecule has 2 heteroatoms. The van der Waals surface area contributed by atoms with Crippen molar-refractivity contribution < 1.29 is 5.11 Å². The molecule has 0 spiro atoms. The van der Waals surface area contributed by atoms with Crippen molar-refractivity contribution in [2.75, 3.05) is 0 Å². The molecule has 0 fully saturated rings. The minimum absolute atomic E-state index is 0. The van der Waals surface area contributed by atoms with Crippen LogP contribution in [0.5, 0.6) is 5.75 Å². The maximum Gasteiger partial charge on any atom is 0.118 e. The van der Waals surface area contributed by atoms with Crippen molar-refractivity contribution in [1.82, 2.24) is 0 Å². The summed E-state index contributed by atoms with van der Waals surface area (Å²) in [5.74, 6) is 0.368. The third kappa shape index (κ3) is 2.16. The monoisotopic (exact) mass is 177 g/mol. The van der Waals surface area contributed by atoms with Crippen LogP contribution in [-0.2, 0) is 0 Å². The maximum atomic E-state index is 8.92. The Morgan fingerprint density at radius 3 is 2.11 bits per heavy atom. The van der Waals surface area contributed by atoms with E-state index in [0.717, 1.165) is 5.56 Å². The fraction of sp³-hybridized carbons (Fsp3) is 0.143. The van der Waals surface area contributed by atoms with Gasteiger partial charge in [0.25, 0.3) is 0 Å². The Hall–Kier alpha value is -0.344. The fourth-order valence-electron chi connectivity index (χ4n) is 0.563. The zero-order chi connectivity index (χ0) is 5.98. The van der Waals surface area contributed by atoms with Crippen LogP contribution in [0.1, 0.15) is 5.56 Å². The molecule has 9 heavy (non-hydrogen) atoms. The van der Waals surface area contributed by atoms with Gasteiger partial charge in [-0.3, -0.25) is 0 Å². The van der Waals surface area contributed by atoms with Crippen molar-refractivity contribution in [1.29, 1.82) is 0 Å². The summed E-state index contributed by atoms with van der Waals surface area (Å²) in [5, 5.41) is 8.92. The van der Waals surface area contributed by atoms with Gasteiger partial charge in [0.1, 0.15) is 5.75 Å². The molecule has 0 unspecified atom stereocenters. The molecule has 3 radical (unpaired) electrons. The fourth-order valence-corrected chi connectivity index (χ4v) is 0.563. The number of phenols is 1. The van der Waals surface area contributed by atoms with Crippen LogP contribution in [0.4, 0.5) is 0 Å². The average molecular weight is 178 g/mol. The van der Waals surface area contributed by atoms with E-state index in [1.54, 1.807) is 6.07 Å². The van der Waals surface area contributed by atoms with Crippen LogP contribution in [0.3, 0.4) is 0 Å². The summed E-state index contributed by atoms with van der Waals surface area (Å²) in [5.41, 5.74) is 0.924. The van der Waals surface area contributed by atoms with E-state index >= 15 is 0 Å². The number of aryl methyl sites for hydroxylation is 1. The number of aromatic hydroxyl groups is 1. The first-order valence-electron chi connectivity index (χ1n) is 2.55. The van der Waals surface area contributed by atoms with Gasteiger partial charge in [0.2, 0.25) is 0 Å². The minimum atomic E-state index is 0. The van der Waals surface area contributed by atoms with Crippen molar-refractivity contribution in [3.8, 4) is 5.75 Å². The van der Waals surface area contributed by atoms with Crippen molar-refractivity contribution in [2.24, 2.45) is 0 Å². The number of phenolic OH excluding ortho intramolecular Hbond substituents is 1. The Morgan fingerprint density at radius 1 is 1.22 bits per heavy atom. The molecule has 0 saturated carbocycles. The van der Waals surface area contributed by atoms with Crippen LogP contribution in [0, 0.1) is 6.92 Å². The molecule has 0 amide bonds. The van der Waals surface area contributed by atoms with Crippen LogP contribution in [0.15, 0.2) is 24.3 Å². The maximum absolute atomic E-state index is 8.92. The van der Waals surface area contributed by atoms with Gasteiger partial charge in [-0.1, -0.05) is 18.2 Å². The Balaban J connectivity index is 0.000000640. The second-order valence-electron chi connectivity index (χ2n) is 1.79. The van der Waals surface area contributed by atoms with E-state index in [0.29, 0.717) is 5.75 Å². The number of benzene rings is 1. The van der Waals surface area contributed by atoms with E-state index in [2.05, 4.69) is 0 Å². The summed E-state index contributed by atoms with van der Waals surface area (Å²) in [6.45, 7) is 1.87. The topological polar surface area (TPSA) is 20.2 Å². The Labute approximate surface area is 67.8 Å². The molecular weight excluding hydrogens is 170 g/mol. The third-order valence-electron chi connectivity index (χ3n) is 1.12. The number of hydrogen-bond donors (Lipinski definition) is 1. The van der Waals surface area contributed by atoms with E-state index in [1.165, 1.54) is 0 Å². The van der Waals surface area contributed by atoms with Gasteiger partial charge in [-0.2, -0.15) is 0 Å². The van der Waals surface area contributed by atoms with Gasteiger partial charge < -0.3 is 5.11 Å². The summed E-state index contributed by atoms with van der Waals surface area (Å²) in [6.07, 6.45) is 0. The zero-order valence-corrected chi connectivity index (χ0v) is 7.76. The van der Waals surface area contributed by atoms with Crippen LogP contribution >= 0.6 is 0 Å². The second kappa shape index (κ2) is 3.64. The van der Waals surface area contributed by atoms with Crippen molar-refractivity contribution in [3.05, 3.63) is 29.8 Å². The molecule has 0 aliphatic heterocycles. The molecule has 1 rings (SSSR count). The first-order chi connectivity index (χ1) is 3.80. The molecule has 45 valence electrons. The van der Waals surface area contributed by atoms with Gasteiger partial charge in [0.15, 0.2) is 0 Å². The SMILES string of the molecule is Cc1ccccc1O.[Ga]. The standard InChI is InChI=1S/C7H8O.Ga/c1-6-4-2-3-5-7(6)8;/h2-5,8H,1H3;. The van der Waals surface area contributed by atoms with E-state index in [1.807, 2.05) is 25.1 Å². The Bertz CT molecular complexity index is 165. The van der Waals surface area contributed by atoms with Gasteiger partial charge in [0.05, 0.1) is 0 Å². The van der Waals surface area contributed by atoms with Gasteiger partial charge in [-0.15, -0.1) is 0 Å². The van der Waals surface area contributed by atoms with Crippen LogP contribution in [0.25, 0.3) is 0 Å². The zero-order valence-electron chi connectivity index (χ0n) is 5.33. The molecule has 0 aliphatic rings. The summed E-state index contributed by atoms with van der Waals surface area (Å²) >= 11 is 0. The Morgan fingerprint density at radius 2 is 1.78 bits per heavy atom. The molecule has 0 aromatic heterocycles. The molecule has 0 bridgehead atoms. The quantitative estimate of drug-likeness (QED) is 0.593. The molecule has 1 aromatic rings. The first kappa shape index (κ1) is 8.66. The summed E-state index contributed by atoms with van der Waals surface area (Å²) in [6, 6.07) is 7.25. The smallest absolute Gasteiger partial charge is 0.118 e. The molecule has 0 aliphatic carbocycles. The van der Waals surface area contributed by atoms with Crippen molar-refractivity contribution in [2.45, 2.75) is 6.92 Å². The molecule has 1 nitrogen and oxygen atoms in total. The second-order valence-corrected chi connectivity index (χ2v) is 1.79. The normalized spacial score (nSPS) is 8.11. The van der Waals surface area contributed by atoms with Crippen LogP contribution in [0.2, 0.25) is 0 Å². The van der Waals surface area contributed by atoms with Crippen molar-refractivity contribution in [3.63, 3.8) is 0 Å². The average Bonchev–Trinajstić information content (AvgIpc) is 1.77. The number of para-hydroxylation sites is 1. The molecular formula is C7H8GaO. The van der Waals surface area contributed by atoms with Gasteiger partial charge in [0, 0.05) is 19.8 Å². The first-order valence-corrected chi connectivity index (χ1v) is 2.55. The number of rotatable bonds is 0. The minimum Gasteiger partial charge on any atom is -0.508 e. The molecule has 0 heterocycles. The van der Waals surface area contributed by atoms with Crippen LogP contribution < -0.4 is 0 Å². The molecule has 1 N–H and O–H groups in total. The van der Waals surface area contributed by atoms with E-state index in [-0.39, 0.29) is 19.8 Å². The predicted octanol–water partition coefficient (Wildman–Crippen LogP) is 1.32. The summed E-state index contributed by atoms with van der Waals surface area (Å²) < 4.78 is 0. The molecule has 0 saturated heterocycles. The van der Waals surface area contributed by atoms with E-state index < -0.39 is 0 Å². The summed E-state index contributed by atoms with van der Waals surface area (Å²) in [4.78, 5) is 0. The molecule has 0 atom stereocenters. The van der Waals surface area contributed by atoms with E-state index in [9.17, 15) is 0 Å². The van der Waals surface area contributed by atoms with Crippen molar-refractivity contribution >= 4 is 19.8 Å². The van der Waals surface area contributed by atoms with Gasteiger partial charge in [-0.25, -0.2) is 0 Å². The molecule has 1 aromatic carbocycles. The number of hydrogen-bond acceptors (Lipinski definition) is 1. The predicted molar refractivity (Wildman–Crippen MR) is 38.6 cm³/mol. The Kier molecular flexibility index (Phi) is 3.50. The van der Waals surface area contributed by atoms with E-state index in [4.69, 9.17) is 5.11 Å². The van der Waals surface area contributed by atoms with Crippen LogP contribution in [-0.4, -0.2) is 24.9 Å². The largest absolute Gasteiger partial charge is 0.508 e. The third-order valence-corrected chi connectivity index (χ3v) is 1.12. The van der Waals surface area contributed by atoms with Gasteiger partial charge in [-0.05, 0) is 18.6 Å². The van der Waals surface area contributed by atoms with Gasteiger partial charge >= 0.3 is 0 Å².